The lowest BCUT2D eigenvalue weighted by atomic mass is 9.74. The summed E-state index contributed by atoms with van der Waals surface area (Å²) < 4.78 is 1.46. The van der Waals surface area contributed by atoms with Gasteiger partial charge in [0, 0.05) is 55.4 Å². The molecule has 0 radical (unpaired) electrons. The van der Waals surface area contributed by atoms with Crippen LogP contribution in [0.25, 0.3) is 11.1 Å². The van der Waals surface area contributed by atoms with Crippen LogP contribution in [-0.2, 0) is 16.8 Å². The number of amides is 1. The van der Waals surface area contributed by atoms with Crippen LogP contribution in [-0.4, -0.2) is 50.4 Å². The lowest BCUT2D eigenvalue weighted by Gasteiger charge is -2.31. The fraction of sp³-hybridized carbons (Fsp3) is 0.320. The maximum absolute atomic E-state index is 12.9. The summed E-state index contributed by atoms with van der Waals surface area (Å²) in [4.78, 5) is 34.4. The third kappa shape index (κ3) is 4.68. The molecule has 0 saturated heterocycles. The molecule has 2 heterocycles. The number of carbonyl (C=O) groups is 2. The zero-order chi connectivity index (χ0) is 24.5. The van der Waals surface area contributed by atoms with Crippen molar-refractivity contribution < 1.29 is 9.59 Å². The highest BCUT2D eigenvalue weighted by molar-refractivity contribution is 6.04. The fourth-order valence-corrected chi connectivity index (χ4v) is 4.03. The van der Waals surface area contributed by atoms with E-state index in [1.54, 1.807) is 32.7 Å². The van der Waals surface area contributed by atoms with Crippen molar-refractivity contribution in [2.45, 2.75) is 31.7 Å². The van der Waals surface area contributed by atoms with Crippen LogP contribution in [0.5, 0.6) is 0 Å². The number of nitrogens with two attached hydrogens (primary N) is 2. The van der Waals surface area contributed by atoms with Crippen molar-refractivity contribution >= 4 is 17.6 Å². The van der Waals surface area contributed by atoms with E-state index in [4.69, 9.17) is 11.5 Å². The number of likely N-dealkylation sites (N-methyl/N-ethyl adjacent to an activating group) is 1. The molecular weight excluding hydrogens is 430 g/mol. The van der Waals surface area contributed by atoms with Crippen LogP contribution in [0.4, 0.5) is 5.95 Å². The molecule has 1 aliphatic carbocycles. The summed E-state index contributed by atoms with van der Waals surface area (Å²) in [7, 11) is 3.35. The molecule has 1 fully saturated rings. The van der Waals surface area contributed by atoms with Crippen LogP contribution in [0.2, 0.25) is 0 Å². The minimum absolute atomic E-state index is 0.0741. The first kappa shape index (κ1) is 23.2. The Morgan fingerprint density at radius 2 is 1.76 bits per heavy atom. The standard InChI is InChI=1S/C25H29N7O2/c1-25(20-8-9-20,19-6-4-16(5-7-19)17-11-28-24(27)29-12-17)22(26)10-21(33)18-13-30-32(14-18)15-23(34)31(2)3/h4-7,10-14,20H,8-9,15,26H2,1-3H3,(H2,27,28,29)/t25-/m0/s1. The Labute approximate surface area is 198 Å². The second-order valence-electron chi connectivity index (χ2n) is 9.06. The molecule has 4 rings (SSSR count). The van der Waals surface area contributed by atoms with Gasteiger partial charge in [-0.05, 0) is 36.8 Å². The molecule has 9 heteroatoms. The molecule has 3 aromatic rings. The van der Waals surface area contributed by atoms with Crippen molar-refractivity contribution in [3.63, 3.8) is 0 Å². The summed E-state index contributed by atoms with van der Waals surface area (Å²) in [5, 5.41) is 4.14. The molecule has 0 spiro atoms. The number of benzene rings is 1. The number of allylic oxidation sites excluding steroid dienone is 2. The molecule has 34 heavy (non-hydrogen) atoms. The molecule has 1 aromatic carbocycles. The highest BCUT2D eigenvalue weighted by Gasteiger charge is 2.45. The monoisotopic (exact) mass is 459 g/mol. The third-order valence-corrected chi connectivity index (χ3v) is 6.48. The quantitative estimate of drug-likeness (QED) is 0.390. The van der Waals surface area contributed by atoms with E-state index >= 15 is 0 Å². The Morgan fingerprint density at radius 3 is 2.35 bits per heavy atom. The highest BCUT2D eigenvalue weighted by Crippen LogP contribution is 2.50. The van der Waals surface area contributed by atoms with Crippen LogP contribution in [0, 0.1) is 5.92 Å². The molecule has 2 aromatic heterocycles. The fourth-order valence-electron chi connectivity index (χ4n) is 4.03. The van der Waals surface area contributed by atoms with Gasteiger partial charge in [-0.25, -0.2) is 9.97 Å². The average molecular weight is 460 g/mol. The minimum Gasteiger partial charge on any atom is -0.401 e. The smallest absolute Gasteiger partial charge is 0.243 e. The first-order valence-electron chi connectivity index (χ1n) is 11.1. The predicted octanol–water partition coefficient (Wildman–Crippen LogP) is 2.40. The Hall–Kier alpha value is -4.01. The van der Waals surface area contributed by atoms with Gasteiger partial charge < -0.3 is 16.4 Å². The second-order valence-corrected chi connectivity index (χ2v) is 9.06. The number of hydrogen-bond acceptors (Lipinski definition) is 7. The van der Waals surface area contributed by atoms with Gasteiger partial charge in [-0.3, -0.25) is 14.3 Å². The maximum atomic E-state index is 12.9. The number of anilines is 1. The zero-order valence-electron chi connectivity index (χ0n) is 19.6. The van der Waals surface area contributed by atoms with E-state index in [0.29, 0.717) is 17.2 Å². The first-order chi connectivity index (χ1) is 16.2. The topological polar surface area (TPSA) is 133 Å². The van der Waals surface area contributed by atoms with E-state index < -0.39 is 5.41 Å². The average Bonchev–Trinajstić information content (AvgIpc) is 3.58. The second kappa shape index (κ2) is 9.09. The van der Waals surface area contributed by atoms with E-state index in [-0.39, 0.29) is 24.2 Å². The van der Waals surface area contributed by atoms with Gasteiger partial charge in [-0.1, -0.05) is 24.3 Å². The summed E-state index contributed by atoms with van der Waals surface area (Å²) >= 11 is 0. The third-order valence-electron chi connectivity index (χ3n) is 6.48. The molecule has 0 unspecified atom stereocenters. The molecule has 176 valence electrons. The number of ketones is 1. The predicted molar refractivity (Wildman–Crippen MR) is 129 cm³/mol. The van der Waals surface area contributed by atoms with Gasteiger partial charge in [0.1, 0.15) is 6.54 Å². The van der Waals surface area contributed by atoms with Crippen molar-refractivity contribution in [1.82, 2.24) is 24.6 Å². The van der Waals surface area contributed by atoms with Crippen LogP contribution >= 0.6 is 0 Å². The van der Waals surface area contributed by atoms with Gasteiger partial charge in [0.25, 0.3) is 0 Å². The van der Waals surface area contributed by atoms with Crippen molar-refractivity contribution in [2.24, 2.45) is 11.7 Å². The molecule has 4 N–H and O–H groups in total. The molecule has 1 atom stereocenters. The van der Waals surface area contributed by atoms with Gasteiger partial charge in [-0.15, -0.1) is 0 Å². The number of rotatable bonds is 8. The molecular formula is C25H29N7O2. The van der Waals surface area contributed by atoms with Crippen molar-refractivity contribution in [2.75, 3.05) is 19.8 Å². The normalized spacial score (nSPS) is 15.6. The van der Waals surface area contributed by atoms with E-state index in [0.717, 1.165) is 29.5 Å². The van der Waals surface area contributed by atoms with Gasteiger partial charge in [-0.2, -0.15) is 5.10 Å². The minimum atomic E-state index is -0.470. The number of carbonyl (C=O) groups excluding carboxylic acids is 2. The van der Waals surface area contributed by atoms with Crippen molar-refractivity contribution in [1.29, 1.82) is 0 Å². The van der Waals surface area contributed by atoms with E-state index in [2.05, 4.69) is 22.0 Å². The van der Waals surface area contributed by atoms with Gasteiger partial charge in [0.15, 0.2) is 5.78 Å². The number of nitrogens with zero attached hydrogens (tertiary/aromatic N) is 5. The van der Waals surface area contributed by atoms with Crippen LogP contribution in [0.1, 0.15) is 35.7 Å². The Balaban J connectivity index is 1.56. The van der Waals surface area contributed by atoms with Gasteiger partial charge in [0.2, 0.25) is 11.9 Å². The molecule has 1 amide bonds. The van der Waals surface area contributed by atoms with Crippen LogP contribution in [0.3, 0.4) is 0 Å². The van der Waals surface area contributed by atoms with Gasteiger partial charge >= 0.3 is 0 Å². The van der Waals surface area contributed by atoms with E-state index in [9.17, 15) is 9.59 Å². The summed E-state index contributed by atoms with van der Waals surface area (Å²) in [6.07, 6.45) is 10.0. The Morgan fingerprint density at radius 1 is 1.12 bits per heavy atom. The van der Waals surface area contributed by atoms with E-state index in [1.165, 1.54) is 21.9 Å². The summed E-state index contributed by atoms with van der Waals surface area (Å²) in [6, 6.07) is 8.09. The molecule has 9 nitrogen and oxygen atoms in total. The Kier molecular flexibility index (Phi) is 6.19. The van der Waals surface area contributed by atoms with Crippen LogP contribution in [0.15, 0.2) is 60.8 Å². The van der Waals surface area contributed by atoms with Crippen molar-refractivity contribution in [3.8, 4) is 11.1 Å². The Bertz CT molecular complexity index is 1220. The van der Waals surface area contributed by atoms with Crippen LogP contribution < -0.4 is 11.5 Å². The molecule has 0 aliphatic heterocycles. The maximum Gasteiger partial charge on any atom is 0.243 e. The zero-order valence-corrected chi connectivity index (χ0v) is 19.6. The lowest BCUT2D eigenvalue weighted by Crippen LogP contribution is -2.32. The number of hydrogen-bond donors (Lipinski definition) is 2. The largest absolute Gasteiger partial charge is 0.401 e. The molecule has 0 bridgehead atoms. The first-order valence-corrected chi connectivity index (χ1v) is 11.1. The van der Waals surface area contributed by atoms with Gasteiger partial charge in [0.05, 0.1) is 11.8 Å². The highest BCUT2D eigenvalue weighted by atomic mass is 16.2. The summed E-state index contributed by atoms with van der Waals surface area (Å²) in [5.74, 6) is 0.262. The summed E-state index contributed by atoms with van der Waals surface area (Å²) in [6.45, 7) is 2.16. The SMILES string of the molecule is CN(C)C(=O)Cn1cc(C(=O)C=C(N)[C@@](C)(c2ccc(-c3cnc(N)nc3)cc2)C2CC2)cn1. The number of aromatic nitrogens is 4. The summed E-state index contributed by atoms with van der Waals surface area (Å²) in [5.41, 5.74) is 15.5. The molecule has 1 saturated carbocycles. The number of nitrogen functional groups attached to an aromatic ring is 1. The lowest BCUT2D eigenvalue weighted by molar-refractivity contribution is -0.129. The van der Waals surface area contributed by atoms with Crippen molar-refractivity contribution in [3.05, 3.63) is 72.0 Å². The molecule has 1 aliphatic rings. The van der Waals surface area contributed by atoms with E-state index in [1.807, 2.05) is 24.3 Å².